The number of nitrogens with one attached hydrogen (secondary N) is 1. The molecule has 1 saturated heterocycles. The summed E-state index contributed by atoms with van der Waals surface area (Å²) in [6.45, 7) is 2.69. The first kappa shape index (κ1) is 27.9. The second kappa shape index (κ2) is 13.1. The molecule has 38 heavy (non-hydrogen) atoms. The van der Waals surface area contributed by atoms with Crippen molar-refractivity contribution in [2.24, 2.45) is 11.8 Å². The lowest BCUT2D eigenvalue weighted by Crippen LogP contribution is -2.49. The fourth-order valence-corrected chi connectivity index (χ4v) is 7.60. The van der Waals surface area contributed by atoms with Crippen molar-refractivity contribution < 1.29 is 18.0 Å². The van der Waals surface area contributed by atoms with Gasteiger partial charge in [0.2, 0.25) is 11.8 Å². The van der Waals surface area contributed by atoms with Crippen molar-refractivity contribution in [3.05, 3.63) is 48.7 Å². The summed E-state index contributed by atoms with van der Waals surface area (Å²) >= 11 is 1.40. The molecule has 2 atom stereocenters. The van der Waals surface area contributed by atoms with Crippen LogP contribution >= 0.6 is 11.8 Å². The minimum absolute atomic E-state index is 0.0605. The molecular weight excluding hydrogens is 522 g/mol. The van der Waals surface area contributed by atoms with Crippen LogP contribution in [0.15, 0.2) is 58.5 Å². The molecule has 2 fully saturated rings. The van der Waals surface area contributed by atoms with Crippen molar-refractivity contribution in [3.8, 4) is 6.07 Å². The summed E-state index contributed by atoms with van der Waals surface area (Å²) in [5.41, 5.74) is 0. The van der Waals surface area contributed by atoms with Crippen molar-refractivity contribution in [1.82, 2.24) is 15.2 Å². The van der Waals surface area contributed by atoms with Gasteiger partial charge in [0.05, 0.1) is 22.5 Å². The number of nitrogens with zero attached hydrogens (tertiary/aromatic N) is 4. The van der Waals surface area contributed by atoms with E-state index in [1.165, 1.54) is 11.8 Å². The largest absolute Gasteiger partial charge is 0.353 e. The normalized spacial score (nSPS) is 20.0. The van der Waals surface area contributed by atoms with E-state index in [1.54, 1.807) is 30.5 Å². The molecule has 202 valence electrons. The van der Waals surface area contributed by atoms with Crippen LogP contribution in [0.3, 0.4) is 0 Å². The second-order valence-electron chi connectivity index (χ2n) is 9.62. The Kier molecular flexibility index (Phi) is 9.63. The van der Waals surface area contributed by atoms with Crippen LogP contribution in [0.2, 0.25) is 0 Å². The molecule has 1 aromatic heterocycles. The number of aromatic nitrogens is 1. The number of hydrogen-bond acceptors (Lipinski definition) is 8. The minimum atomic E-state index is -3.58. The molecule has 1 saturated carbocycles. The van der Waals surface area contributed by atoms with Crippen LogP contribution in [0.5, 0.6) is 0 Å². The van der Waals surface area contributed by atoms with Crippen LogP contribution in [-0.2, 0) is 19.4 Å². The summed E-state index contributed by atoms with van der Waals surface area (Å²) in [7, 11) is -3.58. The highest BCUT2D eigenvalue weighted by atomic mass is 32.2. The first-order valence-electron chi connectivity index (χ1n) is 12.9. The van der Waals surface area contributed by atoms with Crippen LogP contribution in [0, 0.1) is 23.2 Å². The van der Waals surface area contributed by atoms with Crippen LogP contribution in [0.4, 0.5) is 5.82 Å². The van der Waals surface area contributed by atoms with Gasteiger partial charge in [-0.1, -0.05) is 18.9 Å². The third kappa shape index (κ3) is 7.26. The molecule has 4 rings (SSSR count). The molecule has 0 bridgehead atoms. The van der Waals surface area contributed by atoms with Gasteiger partial charge < -0.3 is 15.1 Å². The molecule has 1 aromatic carbocycles. The number of amides is 2. The summed E-state index contributed by atoms with van der Waals surface area (Å²) in [6.07, 6.45) is 4.86. The van der Waals surface area contributed by atoms with Crippen LogP contribution < -0.4 is 10.2 Å². The minimum Gasteiger partial charge on any atom is -0.353 e. The Labute approximate surface area is 228 Å². The molecule has 1 N–H and O–H groups in total. The van der Waals surface area contributed by atoms with E-state index >= 15 is 0 Å². The SMILES string of the molecule is N#CCNC(=O)[C@@H]1CCCC[C@H]1CS(=O)(=O)c1ccc(SCC(=O)N2CCN(c3ccccn3)CC2)cc1. The zero-order valence-electron chi connectivity index (χ0n) is 21.3. The van der Waals surface area contributed by atoms with Crippen molar-refractivity contribution >= 4 is 39.2 Å². The first-order valence-corrected chi connectivity index (χ1v) is 15.6. The summed E-state index contributed by atoms with van der Waals surface area (Å²) < 4.78 is 26.3. The molecule has 9 nitrogen and oxygen atoms in total. The van der Waals surface area contributed by atoms with Gasteiger partial charge in [-0.15, -0.1) is 11.8 Å². The predicted octanol–water partition coefficient (Wildman–Crippen LogP) is 2.74. The Hall–Kier alpha value is -3.10. The molecule has 2 aromatic rings. The number of anilines is 1. The molecule has 11 heteroatoms. The Balaban J connectivity index is 1.28. The quantitative estimate of drug-likeness (QED) is 0.370. The van der Waals surface area contributed by atoms with Crippen LogP contribution in [0.25, 0.3) is 0 Å². The van der Waals surface area contributed by atoms with E-state index in [0.717, 1.165) is 36.6 Å². The summed E-state index contributed by atoms with van der Waals surface area (Å²) in [5, 5.41) is 11.3. The third-order valence-corrected chi connectivity index (χ3v) is 10.0. The molecule has 1 aliphatic heterocycles. The lowest BCUT2D eigenvalue weighted by Gasteiger charge is -2.35. The second-order valence-corrected chi connectivity index (χ2v) is 12.7. The molecule has 0 spiro atoms. The molecule has 2 heterocycles. The van der Waals surface area contributed by atoms with Crippen molar-refractivity contribution in [2.75, 3.05) is 49.1 Å². The van der Waals surface area contributed by atoms with Gasteiger partial charge in [0.1, 0.15) is 12.4 Å². The van der Waals surface area contributed by atoms with E-state index in [-0.39, 0.29) is 40.7 Å². The summed E-state index contributed by atoms with van der Waals surface area (Å²) in [5.74, 6) is 0.289. The number of pyridine rings is 1. The monoisotopic (exact) mass is 555 g/mol. The number of hydrogen-bond donors (Lipinski definition) is 1. The van der Waals surface area contributed by atoms with E-state index in [4.69, 9.17) is 5.26 Å². The van der Waals surface area contributed by atoms with E-state index < -0.39 is 15.8 Å². The molecule has 1 aliphatic carbocycles. The van der Waals surface area contributed by atoms with Crippen molar-refractivity contribution in [3.63, 3.8) is 0 Å². The van der Waals surface area contributed by atoms with E-state index in [9.17, 15) is 18.0 Å². The maximum atomic E-state index is 13.1. The third-order valence-electron chi connectivity index (χ3n) is 7.17. The summed E-state index contributed by atoms with van der Waals surface area (Å²) in [6, 6.07) is 14.4. The van der Waals surface area contributed by atoms with E-state index in [1.807, 2.05) is 29.2 Å². The lowest BCUT2D eigenvalue weighted by atomic mass is 9.80. The van der Waals surface area contributed by atoms with Gasteiger partial charge in [0.15, 0.2) is 9.84 Å². The van der Waals surface area contributed by atoms with Crippen molar-refractivity contribution in [1.29, 1.82) is 5.26 Å². The Bertz CT molecular complexity index is 1240. The maximum Gasteiger partial charge on any atom is 0.233 e. The molecular formula is C27H33N5O4S2. The first-order chi connectivity index (χ1) is 18.4. The van der Waals surface area contributed by atoms with Gasteiger partial charge in [-0.3, -0.25) is 9.59 Å². The zero-order chi connectivity index (χ0) is 27.0. The standard InChI is InChI=1S/C27H33N5O4S2/c28-12-14-30-27(34)24-6-2-1-5-21(24)20-38(35,36)23-10-8-22(9-11-23)37-19-26(33)32-17-15-31(16-18-32)25-7-3-4-13-29-25/h3-4,7-11,13,21,24H,1-2,5-6,14-20H2,(H,30,34)/t21-,24+/m0/s1. The Morgan fingerprint density at radius 1 is 1.05 bits per heavy atom. The molecule has 2 aliphatic rings. The maximum absolute atomic E-state index is 13.1. The predicted molar refractivity (Wildman–Crippen MR) is 146 cm³/mol. The molecule has 0 unspecified atom stereocenters. The Morgan fingerprint density at radius 2 is 1.79 bits per heavy atom. The van der Waals surface area contributed by atoms with Gasteiger partial charge in [0, 0.05) is 43.2 Å². The molecule has 0 radical (unpaired) electrons. The smallest absolute Gasteiger partial charge is 0.233 e. The lowest BCUT2D eigenvalue weighted by molar-refractivity contribution is -0.129. The topological polar surface area (TPSA) is 123 Å². The molecule has 2 amide bonds. The van der Waals surface area contributed by atoms with Crippen molar-refractivity contribution in [2.45, 2.75) is 35.5 Å². The van der Waals surface area contributed by atoms with Gasteiger partial charge >= 0.3 is 0 Å². The fraction of sp³-hybridized carbons (Fsp3) is 0.481. The average molecular weight is 556 g/mol. The number of piperazine rings is 1. The Morgan fingerprint density at radius 3 is 2.47 bits per heavy atom. The number of carbonyl (C=O) groups excluding carboxylic acids is 2. The average Bonchev–Trinajstić information content (AvgIpc) is 2.95. The highest BCUT2D eigenvalue weighted by Crippen LogP contribution is 2.33. The van der Waals surface area contributed by atoms with E-state index in [0.29, 0.717) is 25.9 Å². The van der Waals surface area contributed by atoms with Gasteiger partial charge in [-0.25, -0.2) is 13.4 Å². The number of carbonyl (C=O) groups is 2. The number of nitriles is 1. The highest BCUT2D eigenvalue weighted by Gasteiger charge is 2.34. The van der Waals surface area contributed by atoms with E-state index in [2.05, 4.69) is 15.2 Å². The summed E-state index contributed by atoms with van der Waals surface area (Å²) in [4.78, 5) is 34.7. The number of sulfone groups is 1. The van der Waals surface area contributed by atoms with Crippen LogP contribution in [0.1, 0.15) is 25.7 Å². The number of benzene rings is 1. The fourth-order valence-electron chi connectivity index (χ4n) is 5.09. The number of thioether (sulfide) groups is 1. The highest BCUT2D eigenvalue weighted by molar-refractivity contribution is 8.00. The van der Waals surface area contributed by atoms with Crippen LogP contribution in [-0.4, -0.2) is 74.3 Å². The number of rotatable bonds is 9. The van der Waals surface area contributed by atoms with Gasteiger partial charge in [-0.05, 0) is 55.2 Å². The van der Waals surface area contributed by atoms with Gasteiger partial charge in [-0.2, -0.15) is 5.26 Å². The van der Waals surface area contributed by atoms with Gasteiger partial charge in [0.25, 0.3) is 0 Å². The zero-order valence-corrected chi connectivity index (χ0v) is 22.9.